The first-order valence-electron chi connectivity index (χ1n) is 15.7. The summed E-state index contributed by atoms with van der Waals surface area (Å²) in [5.74, 6) is 0.475. The van der Waals surface area contributed by atoms with Gasteiger partial charge in [0.15, 0.2) is 11.5 Å². The molecule has 3 heterocycles. The predicted molar refractivity (Wildman–Crippen MR) is 167 cm³/mol. The number of para-hydroxylation sites is 1. The number of aryl methyl sites for hydroxylation is 1. The number of anilines is 1. The molecule has 1 fully saturated rings. The number of rotatable bonds is 12. The number of carbonyl (C=O) groups excluding carboxylic acids is 1. The van der Waals surface area contributed by atoms with Crippen molar-refractivity contribution in [3.63, 3.8) is 0 Å². The molecule has 3 aliphatic rings. The Balaban J connectivity index is 1.31. The quantitative estimate of drug-likeness (QED) is 0.307. The molecule has 0 unspecified atom stereocenters. The summed E-state index contributed by atoms with van der Waals surface area (Å²) in [6.07, 6.45) is 3.79. The fourth-order valence-corrected chi connectivity index (χ4v) is 6.94. The third-order valence-corrected chi connectivity index (χ3v) is 9.20. The Hall–Kier alpha value is -4.08. The van der Waals surface area contributed by atoms with Crippen molar-refractivity contribution in [2.75, 3.05) is 37.9 Å². The van der Waals surface area contributed by atoms with E-state index in [4.69, 9.17) is 19.9 Å². The number of nitrogens with zero attached hydrogens (tertiary/aromatic N) is 2. The van der Waals surface area contributed by atoms with Gasteiger partial charge in [0, 0.05) is 43.7 Å². The lowest BCUT2D eigenvalue weighted by Gasteiger charge is -2.30. The maximum Gasteiger partial charge on any atom is 0.308 e. The van der Waals surface area contributed by atoms with Gasteiger partial charge in [-0.3, -0.25) is 14.5 Å². The molecule has 0 saturated carbocycles. The Morgan fingerprint density at radius 3 is 2.73 bits per heavy atom. The number of carbonyl (C=O) groups is 2. The molecule has 3 atom stereocenters. The lowest BCUT2D eigenvalue weighted by atomic mass is 9.83. The van der Waals surface area contributed by atoms with Gasteiger partial charge in [0.2, 0.25) is 12.7 Å². The highest BCUT2D eigenvalue weighted by molar-refractivity contribution is 5.95. The molecule has 3 aromatic carbocycles. The number of unbranched alkanes of at least 4 members (excludes halogenated alkanes) is 1. The molecule has 9 heteroatoms. The first-order chi connectivity index (χ1) is 21.5. The molecular formula is C35H41N3O6. The number of carboxylic acids is 1. The Kier molecular flexibility index (Phi) is 9.04. The van der Waals surface area contributed by atoms with Crippen LogP contribution in [-0.2, 0) is 29.0 Å². The molecule has 1 saturated heterocycles. The number of ether oxygens (including phenoxy) is 3. The average molecular weight is 600 g/mol. The molecule has 6 rings (SSSR count). The van der Waals surface area contributed by atoms with Gasteiger partial charge in [-0.25, -0.2) is 0 Å². The van der Waals surface area contributed by atoms with Gasteiger partial charge in [-0.2, -0.15) is 0 Å². The van der Waals surface area contributed by atoms with Crippen LogP contribution in [0.3, 0.4) is 0 Å². The highest BCUT2D eigenvalue weighted by Crippen LogP contribution is 2.43. The molecule has 3 N–H and O–H groups in total. The summed E-state index contributed by atoms with van der Waals surface area (Å²) < 4.78 is 17.0. The number of hydrogen-bond acceptors (Lipinski definition) is 7. The fraction of sp³-hybridized carbons (Fsp3) is 0.429. The van der Waals surface area contributed by atoms with Crippen LogP contribution in [0.1, 0.15) is 54.4 Å². The van der Waals surface area contributed by atoms with E-state index in [1.807, 2.05) is 59.5 Å². The zero-order chi connectivity index (χ0) is 30.6. The number of amides is 1. The largest absolute Gasteiger partial charge is 0.493 e. The van der Waals surface area contributed by atoms with Gasteiger partial charge in [-0.15, -0.1) is 0 Å². The van der Waals surface area contributed by atoms with Crippen LogP contribution in [0.15, 0.2) is 60.7 Å². The average Bonchev–Trinajstić information content (AvgIpc) is 3.79. The predicted octanol–water partition coefficient (Wildman–Crippen LogP) is 4.74. The monoisotopic (exact) mass is 599 g/mol. The third-order valence-electron chi connectivity index (χ3n) is 9.20. The molecule has 232 valence electrons. The van der Waals surface area contributed by atoms with E-state index in [-0.39, 0.29) is 31.2 Å². The minimum atomic E-state index is -0.844. The molecule has 0 aliphatic carbocycles. The zero-order valence-electron chi connectivity index (χ0n) is 25.2. The summed E-state index contributed by atoms with van der Waals surface area (Å²) in [4.78, 5) is 31.1. The molecule has 0 spiro atoms. The van der Waals surface area contributed by atoms with E-state index in [1.165, 1.54) is 0 Å². The van der Waals surface area contributed by atoms with Gasteiger partial charge in [0.1, 0.15) is 5.75 Å². The highest BCUT2D eigenvalue weighted by Gasteiger charge is 2.47. The smallest absolute Gasteiger partial charge is 0.308 e. The van der Waals surface area contributed by atoms with Crippen LogP contribution >= 0.6 is 0 Å². The van der Waals surface area contributed by atoms with Crippen LogP contribution in [0.4, 0.5) is 5.69 Å². The van der Waals surface area contributed by atoms with E-state index >= 15 is 0 Å². The van der Waals surface area contributed by atoms with Crippen molar-refractivity contribution in [2.24, 2.45) is 11.7 Å². The topological polar surface area (TPSA) is 115 Å². The van der Waals surface area contributed by atoms with Crippen molar-refractivity contribution in [1.29, 1.82) is 0 Å². The van der Waals surface area contributed by atoms with Crippen LogP contribution in [0, 0.1) is 5.92 Å². The number of hydrogen-bond donors (Lipinski definition) is 2. The molecule has 44 heavy (non-hydrogen) atoms. The Morgan fingerprint density at radius 2 is 1.91 bits per heavy atom. The van der Waals surface area contributed by atoms with Crippen LogP contribution < -0.4 is 24.8 Å². The van der Waals surface area contributed by atoms with Crippen LogP contribution in [0.5, 0.6) is 17.2 Å². The normalized spacial score (nSPS) is 20.4. The first-order valence-corrected chi connectivity index (χ1v) is 15.7. The van der Waals surface area contributed by atoms with Crippen LogP contribution in [-0.4, -0.2) is 61.0 Å². The minimum absolute atomic E-state index is 0.0397. The number of aliphatic carboxylic acids is 1. The lowest BCUT2D eigenvalue weighted by Crippen LogP contribution is -2.44. The van der Waals surface area contributed by atoms with Crippen LogP contribution in [0.2, 0.25) is 0 Å². The summed E-state index contributed by atoms with van der Waals surface area (Å²) in [5.41, 5.74) is 10.8. The molecular weight excluding hydrogens is 558 g/mol. The maximum absolute atomic E-state index is 14.1. The second-order valence-electron chi connectivity index (χ2n) is 11.9. The molecule has 0 aromatic heterocycles. The van der Waals surface area contributed by atoms with E-state index in [1.54, 1.807) is 0 Å². The summed E-state index contributed by atoms with van der Waals surface area (Å²) >= 11 is 0. The summed E-state index contributed by atoms with van der Waals surface area (Å²) in [7, 11) is 0. The Labute approximate surface area is 258 Å². The van der Waals surface area contributed by atoms with Crippen LogP contribution in [0.25, 0.3) is 0 Å². The minimum Gasteiger partial charge on any atom is -0.493 e. The van der Waals surface area contributed by atoms with Gasteiger partial charge in [-0.1, -0.05) is 49.7 Å². The summed E-state index contributed by atoms with van der Waals surface area (Å²) in [6, 6.07) is 19.3. The van der Waals surface area contributed by atoms with Gasteiger partial charge in [0.25, 0.3) is 0 Å². The van der Waals surface area contributed by atoms with Crippen molar-refractivity contribution < 1.29 is 28.9 Å². The number of nitrogens with two attached hydrogens (primary N) is 1. The van der Waals surface area contributed by atoms with Gasteiger partial charge < -0.3 is 30.0 Å². The molecule has 1 amide bonds. The Morgan fingerprint density at radius 1 is 1.05 bits per heavy atom. The maximum atomic E-state index is 14.1. The first kappa shape index (κ1) is 30.0. The van der Waals surface area contributed by atoms with Crippen molar-refractivity contribution in [1.82, 2.24) is 4.90 Å². The van der Waals surface area contributed by atoms with E-state index in [2.05, 4.69) is 17.9 Å². The van der Waals surface area contributed by atoms with Gasteiger partial charge in [-0.05, 0) is 65.8 Å². The standard InChI is InChI=1S/C35H41N3O6/c1-2-3-15-38(27-8-4-6-23(17-27)19-36)32(39)21-37-20-28(25-11-13-30-26(18-25)14-16-42-30)33(35(40)41)29(37)12-10-24-7-5-9-31-34(24)44-22-43-31/h4-9,11,13,17-18,28-29,33H,2-3,10,12,14-16,19-22,36H2,1H3,(H,40,41)/t28-,29+,33-/m1/s1. The molecule has 0 radical (unpaired) electrons. The second-order valence-corrected chi connectivity index (χ2v) is 11.9. The van der Waals surface area contributed by atoms with Crippen molar-refractivity contribution in [3.8, 4) is 17.2 Å². The molecule has 3 aliphatic heterocycles. The lowest BCUT2D eigenvalue weighted by molar-refractivity contribution is -0.143. The van der Waals surface area contributed by atoms with E-state index in [0.717, 1.165) is 58.7 Å². The SMILES string of the molecule is CCCCN(C(=O)CN1C[C@H](c2ccc3c(c2)CCO3)[C@@H](C(=O)O)[C@@H]1CCc1cccc2c1OCO2)c1cccc(CN)c1. The van der Waals surface area contributed by atoms with Gasteiger partial charge in [0.05, 0.1) is 19.1 Å². The van der Waals surface area contributed by atoms with Crippen molar-refractivity contribution >= 4 is 17.6 Å². The summed E-state index contributed by atoms with van der Waals surface area (Å²) in [5, 5.41) is 10.7. The molecule has 9 nitrogen and oxygen atoms in total. The summed E-state index contributed by atoms with van der Waals surface area (Å²) in [6.45, 7) is 4.51. The number of fused-ring (bicyclic) bond motifs is 2. The van der Waals surface area contributed by atoms with Crippen molar-refractivity contribution in [3.05, 3.63) is 82.9 Å². The highest BCUT2D eigenvalue weighted by atomic mass is 16.7. The van der Waals surface area contributed by atoms with E-state index < -0.39 is 11.9 Å². The van der Waals surface area contributed by atoms with E-state index in [9.17, 15) is 14.7 Å². The third kappa shape index (κ3) is 6.12. The molecule has 0 bridgehead atoms. The number of likely N-dealkylation sites (tertiary alicyclic amines) is 1. The Bertz CT molecular complexity index is 1510. The van der Waals surface area contributed by atoms with E-state index in [0.29, 0.717) is 44.8 Å². The zero-order valence-corrected chi connectivity index (χ0v) is 25.2. The second kappa shape index (κ2) is 13.3. The fourth-order valence-electron chi connectivity index (χ4n) is 6.94. The molecule has 3 aromatic rings. The van der Waals surface area contributed by atoms with Crippen molar-refractivity contribution in [2.45, 2.75) is 57.5 Å². The number of benzene rings is 3. The van der Waals surface area contributed by atoms with Gasteiger partial charge >= 0.3 is 5.97 Å². The number of carboxylic acid groups (broad SMARTS) is 1.